The molecule has 4 amide bonds. The molecule has 3 heterocycles. The number of alkyl halides is 3. The van der Waals surface area contributed by atoms with Gasteiger partial charge in [-0.3, -0.25) is 4.79 Å². The largest absolute Gasteiger partial charge is 0.465 e. The van der Waals surface area contributed by atoms with Gasteiger partial charge in [-0.05, 0) is 23.6 Å². The Labute approximate surface area is 200 Å². The summed E-state index contributed by atoms with van der Waals surface area (Å²) in [5, 5.41) is 9.39. The molecule has 1 aliphatic rings. The fourth-order valence-corrected chi connectivity index (χ4v) is 4.37. The number of fused-ring (bicyclic) bond motifs is 1. The van der Waals surface area contributed by atoms with Gasteiger partial charge in [0.25, 0.3) is 5.91 Å². The van der Waals surface area contributed by atoms with E-state index in [1.807, 2.05) is 0 Å². The molecular formula is C19H11ClF5N5O4S. The van der Waals surface area contributed by atoms with E-state index in [1.165, 1.54) is 5.38 Å². The Morgan fingerprint density at radius 1 is 1.23 bits per heavy atom. The van der Waals surface area contributed by atoms with Crippen molar-refractivity contribution >= 4 is 62.8 Å². The average Bonchev–Trinajstić information content (AvgIpc) is 3.39. The van der Waals surface area contributed by atoms with Gasteiger partial charge in [0.05, 0.1) is 12.2 Å². The third-order valence-electron chi connectivity index (χ3n) is 5.12. The molecular weight excluding hydrogens is 525 g/mol. The standard InChI is InChI=1S/C19H11ClF5N5O4S/c1-28(9-3-2-8(21)11(20)12(9)22)15(31)10-6-29(18(33)34)17(32)30(10)16-26-13(19(23,24)25)7-4-5-35-14(7)27-16/h2-5,10H,6H2,1H3,(H,33,34)/t10-/m0/s1. The number of nitrogens with zero attached hydrogens (tertiary/aromatic N) is 5. The van der Waals surface area contributed by atoms with E-state index in [4.69, 9.17) is 11.6 Å². The summed E-state index contributed by atoms with van der Waals surface area (Å²) in [7, 11) is 1.03. The summed E-state index contributed by atoms with van der Waals surface area (Å²) in [5.41, 5.74) is -1.91. The van der Waals surface area contributed by atoms with Gasteiger partial charge in [-0.15, -0.1) is 11.3 Å². The van der Waals surface area contributed by atoms with Gasteiger partial charge in [-0.2, -0.15) is 13.2 Å². The van der Waals surface area contributed by atoms with Gasteiger partial charge < -0.3 is 10.0 Å². The molecule has 4 rings (SSSR count). The highest BCUT2D eigenvalue weighted by molar-refractivity contribution is 7.16. The zero-order valence-corrected chi connectivity index (χ0v) is 18.8. The number of thiophene rings is 1. The van der Waals surface area contributed by atoms with Gasteiger partial charge in [-0.25, -0.2) is 38.1 Å². The van der Waals surface area contributed by atoms with E-state index in [-0.39, 0.29) is 15.1 Å². The number of amides is 4. The number of rotatable bonds is 3. The zero-order chi connectivity index (χ0) is 25.8. The minimum atomic E-state index is -4.96. The highest BCUT2D eigenvalue weighted by Crippen LogP contribution is 2.37. The summed E-state index contributed by atoms with van der Waals surface area (Å²) < 4.78 is 68.9. The first-order valence-corrected chi connectivity index (χ1v) is 10.7. The van der Waals surface area contributed by atoms with E-state index in [1.54, 1.807) is 0 Å². The predicted molar refractivity (Wildman–Crippen MR) is 114 cm³/mol. The summed E-state index contributed by atoms with van der Waals surface area (Å²) >= 11 is 6.35. The minimum absolute atomic E-state index is 0.167. The SMILES string of the molecule is CN(C(=O)[C@@H]1CN(C(=O)O)C(=O)N1c1nc(C(F)(F)F)c2ccsc2n1)c1ccc(F)c(Cl)c1F. The number of urea groups is 1. The Morgan fingerprint density at radius 2 is 1.91 bits per heavy atom. The van der Waals surface area contributed by atoms with Gasteiger partial charge in [0.15, 0.2) is 11.5 Å². The molecule has 1 saturated heterocycles. The average molecular weight is 536 g/mol. The molecule has 0 saturated carbocycles. The maximum Gasteiger partial charge on any atom is 0.434 e. The van der Waals surface area contributed by atoms with Crippen LogP contribution in [0.15, 0.2) is 23.6 Å². The van der Waals surface area contributed by atoms with Crippen LogP contribution in [0.4, 0.5) is 43.2 Å². The Morgan fingerprint density at radius 3 is 2.54 bits per heavy atom. The molecule has 1 aliphatic heterocycles. The molecule has 1 aromatic carbocycles. The normalized spacial score (nSPS) is 16.3. The van der Waals surface area contributed by atoms with E-state index in [0.29, 0.717) is 9.80 Å². The van der Waals surface area contributed by atoms with Crippen LogP contribution in [0.5, 0.6) is 0 Å². The van der Waals surface area contributed by atoms with Crippen LogP contribution in [0.25, 0.3) is 10.2 Å². The van der Waals surface area contributed by atoms with E-state index < -0.39 is 70.8 Å². The lowest BCUT2D eigenvalue weighted by Crippen LogP contribution is -2.47. The number of hydrogen-bond acceptors (Lipinski definition) is 6. The van der Waals surface area contributed by atoms with Crippen LogP contribution in [-0.2, 0) is 11.0 Å². The van der Waals surface area contributed by atoms with Crippen LogP contribution in [-0.4, -0.2) is 57.6 Å². The smallest absolute Gasteiger partial charge is 0.434 e. The molecule has 16 heteroatoms. The van der Waals surface area contributed by atoms with Gasteiger partial charge in [-0.1, -0.05) is 11.6 Å². The molecule has 0 bridgehead atoms. The van der Waals surface area contributed by atoms with Crippen molar-refractivity contribution in [2.45, 2.75) is 12.2 Å². The van der Waals surface area contributed by atoms with Gasteiger partial charge in [0.1, 0.15) is 21.7 Å². The maximum atomic E-state index is 14.5. The van der Waals surface area contributed by atoms with Crippen LogP contribution >= 0.6 is 22.9 Å². The Kier molecular flexibility index (Phi) is 6.00. The maximum absolute atomic E-state index is 14.5. The van der Waals surface area contributed by atoms with Crippen molar-refractivity contribution in [3.63, 3.8) is 0 Å². The van der Waals surface area contributed by atoms with Gasteiger partial charge in [0.2, 0.25) is 5.95 Å². The van der Waals surface area contributed by atoms with E-state index in [9.17, 15) is 41.4 Å². The summed E-state index contributed by atoms with van der Waals surface area (Å²) in [6.45, 7) is -0.818. The quantitative estimate of drug-likeness (QED) is 0.388. The van der Waals surface area contributed by atoms with Crippen LogP contribution in [0.2, 0.25) is 5.02 Å². The Bertz CT molecular complexity index is 1380. The van der Waals surface area contributed by atoms with E-state index in [0.717, 1.165) is 36.6 Å². The molecule has 0 spiro atoms. The fourth-order valence-electron chi connectivity index (χ4n) is 3.45. The van der Waals surface area contributed by atoms with Crippen molar-refractivity contribution in [3.8, 4) is 0 Å². The highest BCUT2D eigenvalue weighted by atomic mass is 35.5. The molecule has 184 valence electrons. The summed E-state index contributed by atoms with van der Waals surface area (Å²) in [6, 6.07) is -0.383. The van der Waals surface area contributed by atoms with Gasteiger partial charge >= 0.3 is 18.3 Å². The lowest BCUT2D eigenvalue weighted by atomic mass is 10.2. The zero-order valence-electron chi connectivity index (χ0n) is 17.2. The van der Waals surface area contributed by atoms with Crippen molar-refractivity contribution in [3.05, 3.63) is 45.9 Å². The summed E-state index contributed by atoms with van der Waals surface area (Å²) in [4.78, 5) is 46.0. The number of carbonyl (C=O) groups is 3. The predicted octanol–water partition coefficient (Wildman–Crippen LogP) is 4.59. The number of hydrogen-bond donors (Lipinski definition) is 1. The number of benzene rings is 1. The third kappa shape index (κ3) is 4.10. The lowest BCUT2D eigenvalue weighted by molar-refractivity contribution is -0.139. The molecule has 0 unspecified atom stereocenters. The van der Waals surface area contributed by atoms with Crippen LogP contribution in [0.3, 0.4) is 0 Å². The second-order valence-electron chi connectivity index (χ2n) is 7.16. The van der Waals surface area contributed by atoms with E-state index >= 15 is 0 Å². The molecule has 2 aromatic heterocycles. The minimum Gasteiger partial charge on any atom is -0.465 e. The second kappa shape index (κ2) is 8.57. The topological polar surface area (TPSA) is 107 Å². The number of halogens is 6. The van der Waals surface area contributed by atoms with Gasteiger partial charge in [0, 0.05) is 12.4 Å². The van der Waals surface area contributed by atoms with Crippen molar-refractivity contribution in [2.24, 2.45) is 0 Å². The van der Waals surface area contributed by atoms with Crippen molar-refractivity contribution in [1.82, 2.24) is 14.9 Å². The molecule has 9 nitrogen and oxygen atoms in total. The fraction of sp³-hybridized carbons (Fsp3) is 0.211. The number of imide groups is 1. The molecule has 3 aromatic rings. The highest BCUT2D eigenvalue weighted by Gasteiger charge is 2.49. The molecule has 1 fully saturated rings. The van der Waals surface area contributed by atoms with Crippen LogP contribution < -0.4 is 9.80 Å². The molecule has 0 aliphatic carbocycles. The van der Waals surface area contributed by atoms with Crippen molar-refractivity contribution in [1.29, 1.82) is 0 Å². The summed E-state index contributed by atoms with van der Waals surface area (Å²) in [6.07, 6.45) is -6.75. The third-order valence-corrected chi connectivity index (χ3v) is 6.28. The first kappa shape index (κ1) is 24.5. The second-order valence-corrected chi connectivity index (χ2v) is 8.44. The molecule has 0 radical (unpaired) electrons. The number of anilines is 2. The number of aromatic nitrogens is 2. The summed E-state index contributed by atoms with van der Waals surface area (Å²) in [5.74, 6) is -4.41. The van der Waals surface area contributed by atoms with Crippen molar-refractivity contribution in [2.75, 3.05) is 23.4 Å². The number of likely N-dealkylation sites (N-methyl/N-ethyl adjacent to an activating group) is 1. The van der Waals surface area contributed by atoms with E-state index in [2.05, 4.69) is 9.97 Å². The molecule has 1 N–H and O–H groups in total. The molecule has 35 heavy (non-hydrogen) atoms. The Hall–Kier alpha value is -3.59. The molecule has 1 atom stereocenters. The number of carboxylic acid groups (broad SMARTS) is 1. The Balaban J connectivity index is 1.82. The first-order chi connectivity index (χ1) is 16.3. The first-order valence-electron chi connectivity index (χ1n) is 9.40. The van der Waals surface area contributed by atoms with Crippen LogP contribution in [0, 0.1) is 11.6 Å². The monoisotopic (exact) mass is 535 g/mol. The van der Waals surface area contributed by atoms with Crippen LogP contribution in [0.1, 0.15) is 5.69 Å². The number of carbonyl (C=O) groups excluding carboxylic acids is 2. The lowest BCUT2D eigenvalue weighted by Gasteiger charge is -2.26. The van der Waals surface area contributed by atoms with Crippen molar-refractivity contribution < 1.29 is 41.4 Å².